The largest absolute Gasteiger partial charge is 0.392 e. The number of hydrogen-bond acceptors (Lipinski definition) is 2. The first kappa shape index (κ1) is 16.5. The minimum atomic E-state index is -0.262. The molecule has 114 valence electrons. The standard InChI is InChI=1S/C15H18Cl2N2OS/c16-11-7-6-10(8-12(11)17)15(20)19-13(14(18)21)9-4-2-1-3-5-9/h6-9,13H,1-5H2,(H2,18,21)(H,19,20). The van der Waals surface area contributed by atoms with Crippen LogP contribution in [-0.4, -0.2) is 16.9 Å². The number of carbonyl (C=O) groups is 1. The molecule has 1 aliphatic carbocycles. The SMILES string of the molecule is NC(=S)C(NC(=O)c1ccc(Cl)c(Cl)c1)C1CCCCC1. The summed E-state index contributed by atoms with van der Waals surface area (Å²) >= 11 is 16.9. The normalized spacial score (nSPS) is 17.2. The molecular weight excluding hydrogens is 327 g/mol. The fourth-order valence-electron chi connectivity index (χ4n) is 2.75. The molecule has 1 amide bonds. The van der Waals surface area contributed by atoms with Crippen LogP contribution in [0.3, 0.4) is 0 Å². The van der Waals surface area contributed by atoms with Crippen LogP contribution < -0.4 is 11.1 Å². The lowest BCUT2D eigenvalue weighted by molar-refractivity contribution is 0.0932. The summed E-state index contributed by atoms with van der Waals surface area (Å²) in [6.07, 6.45) is 5.65. The second-order valence-corrected chi connectivity index (χ2v) is 6.67. The molecule has 1 unspecified atom stereocenters. The van der Waals surface area contributed by atoms with Crippen LogP contribution in [0.5, 0.6) is 0 Å². The van der Waals surface area contributed by atoms with Gasteiger partial charge >= 0.3 is 0 Å². The highest BCUT2D eigenvalue weighted by molar-refractivity contribution is 7.80. The van der Waals surface area contributed by atoms with Crippen molar-refractivity contribution in [3.05, 3.63) is 33.8 Å². The van der Waals surface area contributed by atoms with Gasteiger partial charge in [-0.2, -0.15) is 0 Å². The Labute approximate surface area is 140 Å². The predicted molar refractivity (Wildman–Crippen MR) is 91.1 cm³/mol. The molecule has 0 aliphatic heterocycles. The number of carbonyl (C=O) groups excluding carboxylic acids is 1. The highest BCUT2D eigenvalue weighted by atomic mass is 35.5. The van der Waals surface area contributed by atoms with Crippen LogP contribution in [0.4, 0.5) is 0 Å². The summed E-state index contributed by atoms with van der Waals surface area (Å²) in [6, 6.07) is 4.54. The molecule has 1 saturated carbocycles. The van der Waals surface area contributed by atoms with Gasteiger partial charge in [0.05, 0.1) is 21.1 Å². The molecule has 1 atom stereocenters. The Morgan fingerprint density at radius 1 is 1.24 bits per heavy atom. The molecule has 1 aliphatic rings. The average Bonchev–Trinajstić information content (AvgIpc) is 2.48. The van der Waals surface area contributed by atoms with E-state index in [0.29, 0.717) is 26.5 Å². The number of halogens is 2. The van der Waals surface area contributed by atoms with Gasteiger partial charge in [-0.3, -0.25) is 4.79 Å². The van der Waals surface area contributed by atoms with Crippen molar-refractivity contribution in [3.63, 3.8) is 0 Å². The summed E-state index contributed by atoms with van der Waals surface area (Å²) in [7, 11) is 0. The van der Waals surface area contributed by atoms with Crippen LogP contribution in [-0.2, 0) is 0 Å². The van der Waals surface area contributed by atoms with Crippen LogP contribution >= 0.6 is 35.4 Å². The van der Waals surface area contributed by atoms with E-state index in [2.05, 4.69) is 5.32 Å². The Bertz CT molecular complexity index is 544. The van der Waals surface area contributed by atoms with E-state index in [4.69, 9.17) is 41.2 Å². The Morgan fingerprint density at radius 2 is 1.90 bits per heavy atom. The maximum Gasteiger partial charge on any atom is 0.251 e. The molecular formula is C15H18Cl2N2OS. The Morgan fingerprint density at radius 3 is 2.48 bits per heavy atom. The zero-order chi connectivity index (χ0) is 15.4. The lowest BCUT2D eigenvalue weighted by atomic mass is 9.83. The Balaban J connectivity index is 2.10. The minimum absolute atomic E-state index is 0.225. The lowest BCUT2D eigenvalue weighted by Gasteiger charge is -2.30. The first-order valence-corrected chi connectivity index (χ1v) is 8.20. The van der Waals surface area contributed by atoms with Gasteiger partial charge in [0.1, 0.15) is 0 Å². The zero-order valence-corrected chi connectivity index (χ0v) is 13.9. The number of nitrogens with two attached hydrogens (primary N) is 1. The van der Waals surface area contributed by atoms with E-state index in [1.807, 2.05) is 0 Å². The minimum Gasteiger partial charge on any atom is -0.392 e. The fourth-order valence-corrected chi connectivity index (χ4v) is 3.30. The molecule has 3 N–H and O–H groups in total. The number of thiocarbonyl (C=S) groups is 1. The van der Waals surface area contributed by atoms with Crippen LogP contribution in [0, 0.1) is 5.92 Å². The molecule has 21 heavy (non-hydrogen) atoms. The van der Waals surface area contributed by atoms with Crippen LogP contribution in [0.1, 0.15) is 42.5 Å². The van der Waals surface area contributed by atoms with Crippen molar-refractivity contribution >= 4 is 46.3 Å². The van der Waals surface area contributed by atoms with E-state index in [0.717, 1.165) is 25.7 Å². The van der Waals surface area contributed by atoms with Crippen molar-refractivity contribution in [3.8, 4) is 0 Å². The van der Waals surface area contributed by atoms with Gasteiger partial charge in [-0.25, -0.2) is 0 Å². The molecule has 0 saturated heterocycles. The third kappa shape index (κ3) is 4.31. The number of amides is 1. The zero-order valence-electron chi connectivity index (χ0n) is 11.6. The van der Waals surface area contributed by atoms with Gasteiger partial charge in [0, 0.05) is 5.56 Å². The molecule has 2 rings (SSSR count). The Hall–Kier alpha value is -0.840. The van der Waals surface area contributed by atoms with Gasteiger partial charge in [-0.15, -0.1) is 0 Å². The first-order chi connectivity index (χ1) is 9.99. The first-order valence-electron chi connectivity index (χ1n) is 7.04. The third-order valence-electron chi connectivity index (χ3n) is 3.90. The summed E-state index contributed by atoms with van der Waals surface area (Å²) in [5, 5.41) is 3.72. The highest BCUT2D eigenvalue weighted by Gasteiger charge is 2.27. The van der Waals surface area contributed by atoms with E-state index >= 15 is 0 Å². The highest BCUT2D eigenvalue weighted by Crippen LogP contribution is 2.27. The fraction of sp³-hybridized carbons (Fsp3) is 0.467. The average molecular weight is 345 g/mol. The molecule has 1 aromatic rings. The van der Waals surface area contributed by atoms with Gasteiger partial charge < -0.3 is 11.1 Å². The van der Waals surface area contributed by atoms with Gasteiger partial charge in [0.15, 0.2) is 0 Å². The third-order valence-corrected chi connectivity index (χ3v) is 4.89. The summed E-state index contributed by atoms with van der Waals surface area (Å²) in [5.74, 6) is 0.0971. The summed E-state index contributed by atoms with van der Waals surface area (Å²) in [5.41, 5.74) is 6.28. The molecule has 0 radical (unpaired) electrons. The van der Waals surface area contributed by atoms with E-state index in [1.54, 1.807) is 18.2 Å². The summed E-state index contributed by atoms with van der Waals surface area (Å²) in [6.45, 7) is 0. The molecule has 0 bridgehead atoms. The second-order valence-electron chi connectivity index (χ2n) is 5.38. The predicted octanol–water partition coefficient (Wildman–Crippen LogP) is 3.96. The quantitative estimate of drug-likeness (QED) is 0.812. The summed E-state index contributed by atoms with van der Waals surface area (Å²) < 4.78 is 0. The van der Waals surface area contributed by atoms with E-state index in [-0.39, 0.29) is 11.9 Å². The number of benzene rings is 1. The molecule has 6 heteroatoms. The smallest absolute Gasteiger partial charge is 0.251 e. The lowest BCUT2D eigenvalue weighted by Crippen LogP contribution is -2.48. The van der Waals surface area contributed by atoms with Crippen LogP contribution in [0.15, 0.2) is 18.2 Å². The van der Waals surface area contributed by atoms with Crippen molar-refractivity contribution in [1.82, 2.24) is 5.32 Å². The molecule has 0 spiro atoms. The second kappa shape index (κ2) is 7.43. The van der Waals surface area contributed by atoms with E-state index in [9.17, 15) is 4.79 Å². The van der Waals surface area contributed by atoms with E-state index in [1.165, 1.54) is 6.42 Å². The molecule has 1 fully saturated rings. The van der Waals surface area contributed by atoms with Crippen molar-refractivity contribution in [1.29, 1.82) is 0 Å². The van der Waals surface area contributed by atoms with Gasteiger partial charge in [0.2, 0.25) is 0 Å². The topological polar surface area (TPSA) is 55.1 Å². The van der Waals surface area contributed by atoms with Crippen molar-refractivity contribution in [2.24, 2.45) is 11.7 Å². The van der Waals surface area contributed by atoms with Gasteiger partial charge in [0.25, 0.3) is 5.91 Å². The van der Waals surface area contributed by atoms with Gasteiger partial charge in [-0.05, 0) is 37.0 Å². The number of hydrogen-bond donors (Lipinski definition) is 2. The van der Waals surface area contributed by atoms with Crippen LogP contribution in [0.2, 0.25) is 10.0 Å². The van der Waals surface area contributed by atoms with Crippen molar-refractivity contribution < 1.29 is 4.79 Å². The van der Waals surface area contributed by atoms with Gasteiger partial charge in [-0.1, -0.05) is 54.7 Å². The number of nitrogens with one attached hydrogen (secondary N) is 1. The Kier molecular flexibility index (Phi) is 5.85. The van der Waals surface area contributed by atoms with Crippen molar-refractivity contribution in [2.45, 2.75) is 38.1 Å². The van der Waals surface area contributed by atoms with Crippen LogP contribution in [0.25, 0.3) is 0 Å². The number of rotatable bonds is 4. The molecule has 3 nitrogen and oxygen atoms in total. The molecule has 0 aromatic heterocycles. The van der Waals surface area contributed by atoms with E-state index < -0.39 is 0 Å². The maximum atomic E-state index is 12.3. The summed E-state index contributed by atoms with van der Waals surface area (Å²) in [4.78, 5) is 12.7. The molecule has 1 aromatic carbocycles. The van der Waals surface area contributed by atoms with Crippen molar-refractivity contribution in [2.75, 3.05) is 0 Å². The maximum absolute atomic E-state index is 12.3. The monoisotopic (exact) mass is 344 g/mol. The molecule has 0 heterocycles.